The van der Waals surface area contributed by atoms with E-state index >= 15 is 0 Å². The fraction of sp³-hybridized carbons (Fsp3) is 0.750. The van der Waals surface area contributed by atoms with Crippen LogP contribution in [0.25, 0.3) is 0 Å². The lowest BCUT2D eigenvalue weighted by Gasteiger charge is -2.36. The minimum atomic E-state index is -0.881. The Hall–Kier alpha value is -1.40. The molecule has 0 spiro atoms. The highest BCUT2D eigenvalue weighted by molar-refractivity contribution is 5.72. The minimum absolute atomic E-state index is 0.166. The number of carboxylic acids is 1. The number of esters is 1. The molecule has 0 aromatic carbocycles. The van der Waals surface area contributed by atoms with Crippen LogP contribution < -0.4 is 0 Å². The van der Waals surface area contributed by atoms with Crippen LogP contribution in [0.3, 0.4) is 0 Å². The molecule has 6 nitrogen and oxygen atoms in total. The van der Waals surface area contributed by atoms with Crippen molar-refractivity contribution in [1.82, 2.24) is 0 Å². The fourth-order valence-corrected chi connectivity index (χ4v) is 2.73. The van der Waals surface area contributed by atoms with E-state index in [0.717, 1.165) is 6.42 Å². The first-order valence-corrected chi connectivity index (χ1v) is 7.70. The van der Waals surface area contributed by atoms with Gasteiger partial charge in [-0.2, -0.15) is 0 Å². The standard InChI is InChI=1S/C16H24O6/c1-11(14(18)19)12-5-9-16(3,22-21-12)8-4-7-15(2)10-6-13(17)20-15/h4,7,11-12H,5-6,8-10H2,1-3H3,(H,18,19)/b7-4+/t11-,12-,15?,16-/m1/s1. The average molecular weight is 312 g/mol. The van der Waals surface area contributed by atoms with Gasteiger partial charge in [0, 0.05) is 12.8 Å². The van der Waals surface area contributed by atoms with Gasteiger partial charge in [-0.25, -0.2) is 9.78 Å². The zero-order valence-electron chi connectivity index (χ0n) is 13.3. The third-order valence-electron chi connectivity index (χ3n) is 4.47. The first kappa shape index (κ1) is 17.0. The maximum Gasteiger partial charge on any atom is 0.308 e. The normalized spacial score (nSPS) is 37.2. The summed E-state index contributed by atoms with van der Waals surface area (Å²) in [5.41, 5.74) is -1.01. The van der Waals surface area contributed by atoms with E-state index in [4.69, 9.17) is 19.6 Å². The maximum absolute atomic E-state index is 11.2. The number of carbonyl (C=O) groups excluding carboxylic acids is 1. The van der Waals surface area contributed by atoms with Gasteiger partial charge in [-0.1, -0.05) is 6.08 Å². The molecule has 0 saturated carbocycles. The zero-order valence-corrected chi connectivity index (χ0v) is 13.3. The van der Waals surface area contributed by atoms with Crippen LogP contribution in [0, 0.1) is 5.92 Å². The van der Waals surface area contributed by atoms with Crippen molar-refractivity contribution in [1.29, 1.82) is 0 Å². The quantitative estimate of drug-likeness (QED) is 0.477. The molecule has 2 aliphatic rings. The van der Waals surface area contributed by atoms with E-state index in [0.29, 0.717) is 25.7 Å². The number of cyclic esters (lactones) is 1. The Bertz CT molecular complexity index is 463. The first-order valence-electron chi connectivity index (χ1n) is 7.70. The van der Waals surface area contributed by atoms with Gasteiger partial charge in [-0.3, -0.25) is 9.59 Å². The first-order chi connectivity index (χ1) is 10.2. The molecule has 0 aromatic heterocycles. The molecule has 0 radical (unpaired) electrons. The van der Waals surface area contributed by atoms with Gasteiger partial charge in [0.05, 0.1) is 5.92 Å². The number of carboxylic acid groups (broad SMARTS) is 1. The van der Waals surface area contributed by atoms with Gasteiger partial charge >= 0.3 is 11.9 Å². The molecular formula is C16H24O6. The van der Waals surface area contributed by atoms with E-state index in [2.05, 4.69) is 0 Å². The Morgan fingerprint density at radius 1 is 1.45 bits per heavy atom. The summed E-state index contributed by atoms with van der Waals surface area (Å²) in [4.78, 5) is 32.9. The lowest BCUT2D eigenvalue weighted by atomic mass is 9.89. The van der Waals surface area contributed by atoms with E-state index in [-0.39, 0.29) is 5.97 Å². The summed E-state index contributed by atoms with van der Waals surface area (Å²) in [5.74, 6) is -1.63. The molecule has 124 valence electrons. The fourth-order valence-electron chi connectivity index (χ4n) is 2.73. The second kappa shape index (κ2) is 6.38. The Labute approximate surface area is 130 Å². The number of ether oxygens (including phenoxy) is 1. The monoisotopic (exact) mass is 312 g/mol. The van der Waals surface area contributed by atoms with E-state index in [1.165, 1.54) is 0 Å². The summed E-state index contributed by atoms with van der Waals surface area (Å²) in [6.07, 6.45) is 6.56. The summed E-state index contributed by atoms with van der Waals surface area (Å²) in [5, 5.41) is 8.99. The van der Waals surface area contributed by atoms with Crippen LogP contribution in [0.2, 0.25) is 0 Å². The molecule has 1 unspecified atom stereocenters. The van der Waals surface area contributed by atoms with Crippen LogP contribution in [0.5, 0.6) is 0 Å². The van der Waals surface area contributed by atoms with Gasteiger partial charge in [0.25, 0.3) is 0 Å². The van der Waals surface area contributed by atoms with Crippen molar-refractivity contribution in [2.75, 3.05) is 0 Å². The third kappa shape index (κ3) is 4.08. The molecule has 2 saturated heterocycles. The number of rotatable bonds is 5. The van der Waals surface area contributed by atoms with Gasteiger partial charge in [0.15, 0.2) is 0 Å². The van der Waals surface area contributed by atoms with E-state index in [1.807, 2.05) is 26.0 Å². The van der Waals surface area contributed by atoms with Crippen molar-refractivity contribution < 1.29 is 29.2 Å². The van der Waals surface area contributed by atoms with Crippen LogP contribution in [-0.4, -0.2) is 34.4 Å². The summed E-state index contributed by atoms with van der Waals surface area (Å²) in [6.45, 7) is 5.44. The number of aliphatic carboxylic acids is 1. The van der Waals surface area contributed by atoms with Crippen molar-refractivity contribution in [2.45, 2.75) is 70.2 Å². The predicted molar refractivity (Wildman–Crippen MR) is 77.9 cm³/mol. The van der Waals surface area contributed by atoms with Crippen LogP contribution >= 0.6 is 0 Å². The van der Waals surface area contributed by atoms with Gasteiger partial charge in [0.1, 0.15) is 17.3 Å². The van der Waals surface area contributed by atoms with Crippen LogP contribution in [0.1, 0.15) is 52.9 Å². The van der Waals surface area contributed by atoms with Gasteiger partial charge in [-0.15, -0.1) is 0 Å². The molecule has 2 fully saturated rings. The molecular weight excluding hydrogens is 288 g/mol. The molecule has 1 N–H and O–H groups in total. The van der Waals surface area contributed by atoms with Crippen molar-refractivity contribution in [3.63, 3.8) is 0 Å². The summed E-state index contributed by atoms with van der Waals surface area (Å²) in [7, 11) is 0. The lowest BCUT2D eigenvalue weighted by molar-refractivity contribution is -0.409. The number of carbonyl (C=O) groups is 2. The number of hydrogen-bond acceptors (Lipinski definition) is 5. The molecule has 2 aliphatic heterocycles. The summed E-state index contributed by atoms with van der Waals surface area (Å²) in [6, 6.07) is 0. The molecule has 2 rings (SSSR count). The largest absolute Gasteiger partial charge is 0.481 e. The van der Waals surface area contributed by atoms with Crippen molar-refractivity contribution >= 4 is 11.9 Å². The predicted octanol–water partition coefficient (Wildman–Crippen LogP) is 2.62. The smallest absolute Gasteiger partial charge is 0.308 e. The van der Waals surface area contributed by atoms with E-state index in [1.54, 1.807) is 6.92 Å². The molecule has 0 aromatic rings. The third-order valence-corrected chi connectivity index (χ3v) is 4.47. The highest BCUT2D eigenvalue weighted by atomic mass is 17.2. The molecule has 22 heavy (non-hydrogen) atoms. The molecule has 0 amide bonds. The Morgan fingerprint density at radius 2 is 2.18 bits per heavy atom. The Morgan fingerprint density at radius 3 is 2.68 bits per heavy atom. The second-order valence-corrected chi connectivity index (χ2v) is 6.73. The maximum atomic E-state index is 11.2. The summed E-state index contributed by atoms with van der Waals surface area (Å²) < 4.78 is 5.28. The minimum Gasteiger partial charge on any atom is -0.481 e. The van der Waals surface area contributed by atoms with E-state index < -0.39 is 29.2 Å². The van der Waals surface area contributed by atoms with Gasteiger partial charge in [-0.05, 0) is 46.1 Å². The van der Waals surface area contributed by atoms with Gasteiger partial charge < -0.3 is 9.84 Å². The molecule has 4 atom stereocenters. The van der Waals surface area contributed by atoms with Crippen LogP contribution in [0.15, 0.2) is 12.2 Å². The zero-order chi connectivity index (χ0) is 16.4. The molecule has 0 bridgehead atoms. The summed E-state index contributed by atoms with van der Waals surface area (Å²) >= 11 is 0. The molecule has 0 aliphatic carbocycles. The SMILES string of the molecule is C[C@@H](C(=O)O)[C@H]1CC[C@@](C)(C/C=C/C2(C)CCC(=O)O2)OO1. The lowest BCUT2D eigenvalue weighted by Crippen LogP contribution is -2.41. The topological polar surface area (TPSA) is 82.1 Å². The van der Waals surface area contributed by atoms with Crippen molar-refractivity contribution in [3.05, 3.63) is 12.2 Å². The second-order valence-electron chi connectivity index (χ2n) is 6.73. The van der Waals surface area contributed by atoms with Crippen LogP contribution in [-0.2, 0) is 24.1 Å². The molecule has 6 heteroatoms. The number of hydrogen-bond donors (Lipinski definition) is 1. The average Bonchev–Trinajstić information content (AvgIpc) is 2.78. The Kier molecular flexibility index (Phi) is 4.92. The van der Waals surface area contributed by atoms with Crippen molar-refractivity contribution in [2.24, 2.45) is 5.92 Å². The van der Waals surface area contributed by atoms with E-state index in [9.17, 15) is 9.59 Å². The Balaban J connectivity index is 1.84. The van der Waals surface area contributed by atoms with Gasteiger partial charge in [0.2, 0.25) is 0 Å². The van der Waals surface area contributed by atoms with Crippen molar-refractivity contribution in [3.8, 4) is 0 Å². The van der Waals surface area contributed by atoms with Crippen LogP contribution in [0.4, 0.5) is 0 Å². The molecule has 2 heterocycles. The highest BCUT2D eigenvalue weighted by Crippen LogP contribution is 2.34. The highest BCUT2D eigenvalue weighted by Gasteiger charge is 2.38.